The Kier molecular flexibility index (Phi) is 4.15. The molecule has 5 heteroatoms. The highest BCUT2D eigenvalue weighted by Crippen LogP contribution is 2.40. The molecule has 2 rings (SSSR count). The number of hydrogen-bond acceptors (Lipinski definition) is 3. The highest BCUT2D eigenvalue weighted by Gasteiger charge is 2.32. The maximum atomic E-state index is 13.5. The van der Waals surface area contributed by atoms with Gasteiger partial charge in [-0.15, -0.1) is 0 Å². The first-order valence-corrected chi connectivity index (χ1v) is 7.36. The van der Waals surface area contributed by atoms with Crippen LogP contribution < -0.4 is 5.32 Å². The van der Waals surface area contributed by atoms with Gasteiger partial charge in [0.05, 0.1) is 5.02 Å². The zero-order valence-corrected chi connectivity index (χ0v) is 11.4. The highest BCUT2D eigenvalue weighted by atomic mass is 35.5. The minimum atomic E-state index is -0.383. The molecule has 0 amide bonds. The van der Waals surface area contributed by atoms with Crippen LogP contribution in [0.1, 0.15) is 25.7 Å². The fourth-order valence-corrected chi connectivity index (χ4v) is 3.32. The maximum Gasteiger partial charge on any atom is 0.166 e. The Morgan fingerprint density at radius 3 is 2.82 bits per heavy atom. The summed E-state index contributed by atoms with van der Waals surface area (Å²) in [4.78, 5) is 3.98. The molecule has 94 valence electrons. The van der Waals surface area contributed by atoms with Crippen LogP contribution in [0.5, 0.6) is 0 Å². The van der Waals surface area contributed by atoms with Crippen LogP contribution in [0.4, 0.5) is 10.2 Å². The van der Waals surface area contributed by atoms with Crippen molar-refractivity contribution in [2.24, 2.45) is 0 Å². The molecule has 0 aromatic carbocycles. The molecule has 1 saturated carbocycles. The van der Waals surface area contributed by atoms with Gasteiger partial charge >= 0.3 is 0 Å². The molecule has 0 radical (unpaired) electrons. The summed E-state index contributed by atoms with van der Waals surface area (Å²) < 4.78 is 13.8. The molecular weight excluding hydrogens is 259 g/mol. The van der Waals surface area contributed by atoms with Crippen LogP contribution in [0.25, 0.3) is 0 Å². The topological polar surface area (TPSA) is 24.9 Å². The molecule has 1 fully saturated rings. The normalized spacial score (nSPS) is 18.3. The molecule has 1 aromatic heterocycles. The molecule has 1 aliphatic carbocycles. The molecule has 0 aliphatic heterocycles. The largest absolute Gasteiger partial charge is 0.366 e. The van der Waals surface area contributed by atoms with Crippen molar-refractivity contribution in [2.75, 3.05) is 18.1 Å². The van der Waals surface area contributed by atoms with Crippen LogP contribution in [-0.4, -0.2) is 22.5 Å². The summed E-state index contributed by atoms with van der Waals surface area (Å²) in [5.74, 6) is -0.0820. The number of nitrogens with zero attached hydrogens (tertiary/aromatic N) is 1. The third kappa shape index (κ3) is 3.05. The van der Waals surface area contributed by atoms with Crippen LogP contribution in [0, 0.1) is 5.82 Å². The first-order chi connectivity index (χ1) is 8.15. The van der Waals surface area contributed by atoms with Crippen molar-refractivity contribution in [3.8, 4) is 0 Å². The second-order valence-electron chi connectivity index (χ2n) is 4.43. The standard InChI is InChI=1S/C12H16ClFN2S/c1-17-12(4-2-3-5-12)8-16-11-10(14)6-9(13)7-15-11/h6-7H,2-5,8H2,1H3,(H,15,16). The Bertz CT molecular complexity index is 394. The molecule has 1 aliphatic rings. The van der Waals surface area contributed by atoms with Gasteiger partial charge in [-0.05, 0) is 25.2 Å². The highest BCUT2D eigenvalue weighted by molar-refractivity contribution is 8.00. The van der Waals surface area contributed by atoms with Gasteiger partial charge < -0.3 is 5.32 Å². The zero-order chi connectivity index (χ0) is 12.3. The molecule has 0 saturated heterocycles. The Labute approximate surface area is 110 Å². The fraction of sp³-hybridized carbons (Fsp3) is 0.583. The first-order valence-electron chi connectivity index (χ1n) is 5.75. The van der Waals surface area contributed by atoms with Crippen molar-refractivity contribution < 1.29 is 4.39 Å². The van der Waals surface area contributed by atoms with Gasteiger partial charge in [0.15, 0.2) is 11.6 Å². The van der Waals surface area contributed by atoms with Crippen molar-refractivity contribution in [1.82, 2.24) is 4.98 Å². The van der Waals surface area contributed by atoms with Gasteiger partial charge in [-0.25, -0.2) is 9.37 Å². The molecule has 0 unspecified atom stereocenters. The monoisotopic (exact) mass is 274 g/mol. The van der Waals surface area contributed by atoms with E-state index in [1.165, 1.54) is 37.9 Å². The summed E-state index contributed by atoms with van der Waals surface area (Å²) in [7, 11) is 0. The second kappa shape index (κ2) is 5.44. The van der Waals surface area contributed by atoms with Crippen LogP contribution in [0.3, 0.4) is 0 Å². The lowest BCUT2D eigenvalue weighted by molar-refractivity contribution is 0.609. The van der Waals surface area contributed by atoms with E-state index in [0.29, 0.717) is 10.8 Å². The number of pyridine rings is 1. The molecule has 0 bridgehead atoms. The Morgan fingerprint density at radius 2 is 2.24 bits per heavy atom. The third-order valence-electron chi connectivity index (χ3n) is 3.33. The van der Waals surface area contributed by atoms with Crippen molar-refractivity contribution >= 4 is 29.2 Å². The van der Waals surface area contributed by atoms with E-state index in [0.717, 1.165) is 6.54 Å². The predicted molar refractivity (Wildman–Crippen MR) is 72.4 cm³/mol. The average Bonchev–Trinajstić information content (AvgIpc) is 2.77. The van der Waals surface area contributed by atoms with E-state index in [1.54, 1.807) is 0 Å². The summed E-state index contributed by atoms with van der Waals surface area (Å²) in [6, 6.07) is 1.29. The van der Waals surface area contributed by atoms with Crippen molar-refractivity contribution in [2.45, 2.75) is 30.4 Å². The van der Waals surface area contributed by atoms with Gasteiger partial charge in [-0.3, -0.25) is 0 Å². The van der Waals surface area contributed by atoms with E-state index < -0.39 is 0 Å². The smallest absolute Gasteiger partial charge is 0.166 e. The minimum Gasteiger partial charge on any atom is -0.366 e. The fourth-order valence-electron chi connectivity index (χ4n) is 2.26. The summed E-state index contributed by atoms with van der Waals surface area (Å²) in [5, 5.41) is 3.44. The number of nitrogens with one attached hydrogen (secondary N) is 1. The predicted octanol–water partition coefficient (Wildman–Crippen LogP) is 3.96. The summed E-state index contributed by atoms with van der Waals surface area (Å²) >= 11 is 7.53. The Balaban J connectivity index is 2.01. The number of thioether (sulfide) groups is 1. The first kappa shape index (κ1) is 13.0. The summed E-state index contributed by atoms with van der Waals surface area (Å²) in [6.07, 6.45) is 8.50. The SMILES string of the molecule is CSC1(CNc2ncc(Cl)cc2F)CCCC1. The van der Waals surface area contributed by atoms with E-state index in [2.05, 4.69) is 16.6 Å². The van der Waals surface area contributed by atoms with E-state index in [4.69, 9.17) is 11.6 Å². The molecule has 17 heavy (non-hydrogen) atoms. The summed E-state index contributed by atoms with van der Waals surface area (Å²) in [5.41, 5.74) is 0. The van der Waals surface area contributed by atoms with Crippen LogP contribution in [0.2, 0.25) is 5.02 Å². The molecule has 2 nitrogen and oxygen atoms in total. The number of aromatic nitrogens is 1. The lowest BCUT2D eigenvalue weighted by atomic mass is 10.1. The van der Waals surface area contributed by atoms with Crippen LogP contribution in [-0.2, 0) is 0 Å². The van der Waals surface area contributed by atoms with Gasteiger partial charge in [0.2, 0.25) is 0 Å². The molecule has 1 N–H and O–H groups in total. The molecule has 1 aromatic rings. The number of halogens is 2. The lowest BCUT2D eigenvalue weighted by Crippen LogP contribution is -2.30. The maximum absolute atomic E-state index is 13.5. The van der Waals surface area contributed by atoms with Gasteiger partial charge in [-0.2, -0.15) is 11.8 Å². The number of rotatable bonds is 4. The van der Waals surface area contributed by atoms with Crippen molar-refractivity contribution in [1.29, 1.82) is 0 Å². The van der Waals surface area contributed by atoms with E-state index in [9.17, 15) is 4.39 Å². The van der Waals surface area contributed by atoms with Crippen molar-refractivity contribution in [3.05, 3.63) is 23.1 Å². The van der Waals surface area contributed by atoms with Gasteiger partial charge in [0.25, 0.3) is 0 Å². The van der Waals surface area contributed by atoms with Gasteiger partial charge in [-0.1, -0.05) is 24.4 Å². The average molecular weight is 275 g/mol. The Morgan fingerprint density at radius 1 is 1.53 bits per heavy atom. The van der Waals surface area contributed by atoms with Crippen molar-refractivity contribution in [3.63, 3.8) is 0 Å². The zero-order valence-electron chi connectivity index (χ0n) is 9.80. The minimum absolute atomic E-state index is 0.244. The number of anilines is 1. The van der Waals surface area contributed by atoms with E-state index in [-0.39, 0.29) is 10.6 Å². The van der Waals surface area contributed by atoms with Gasteiger partial charge in [0.1, 0.15) is 0 Å². The summed E-state index contributed by atoms with van der Waals surface area (Å²) in [6.45, 7) is 0.764. The quantitative estimate of drug-likeness (QED) is 0.900. The Hall–Kier alpha value is -0.480. The van der Waals surface area contributed by atoms with Crippen LogP contribution >= 0.6 is 23.4 Å². The van der Waals surface area contributed by atoms with Crippen LogP contribution in [0.15, 0.2) is 12.3 Å². The van der Waals surface area contributed by atoms with E-state index >= 15 is 0 Å². The van der Waals surface area contributed by atoms with E-state index in [1.807, 2.05) is 11.8 Å². The molecular formula is C12H16ClFN2S. The van der Waals surface area contributed by atoms with Gasteiger partial charge in [0, 0.05) is 17.5 Å². The lowest BCUT2D eigenvalue weighted by Gasteiger charge is -2.27. The third-order valence-corrected chi connectivity index (χ3v) is 4.96. The molecule has 0 spiro atoms. The second-order valence-corrected chi connectivity index (χ2v) is 6.14. The number of hydrogen-bond donors (Lipinski definition) is 1. The molecule has 0 atom stereocenters. The molecule has 1 heterocycles.